The number of phenolic OH excluding ortho intramolecular Hbond substituents is 1. The Bertz CT molecular complexity index is 365. The fourth-order valence-electron chi connectivity index (χ4n) is 1.50. The standard InChI is InChI=1S/C13H20N2O3/c14-7-1-2-8-18-13(17)12(15)9-10-3-5-11(16)6-4-10/h3-6,12,16H,1-2,7-9,14-15H2/t12-/m0/s1. The summed E-state index contributed by atoms with van der Waals surface area (Å²) in [6, 6.07) is 5.92. The Morgan fingerprint density at radius 3 is 2.56 bits per heavy atom. The molecule has 100 valence electrons. The van der Waals surface area contributed by atoms with E-state index in [1.807, 2.05) is 0 Å². The Morgan fingerprint density at radius 1 is 1.28 bits per heavy atom. The van der Waals surface area contributed by atoms with E-state index in [2.05, 4.69) is 0 Å². The Kier molecular flexibility index (Phi) is 6.18. The minimum Gasteiger partial charge on any atom is -0.508 e. The van der Waals surface area contributed by atoms with E-state index in [0.717, 1.165) is 18.4 Å². The van der Waals surface area contributed by atoms with E-state index in [1.165, 1.54) is 0 Å². The zero-order valence-electron chi connectivity index (χ0n) is 10.3. The topological polar surface area (TPSA) is 98.6 Å². The zero-order chi connectivity index (χ0) is 13.4. The third kappa shape index (κ3) is 5.16. The van der Waals surface area contributed by atoms with Gasteiger partial charge in [-0.25, -0.2) is 0 Å². The minimum atomic E-state index is -0.674. The van der Waals surface area contributed by atoms with Crippen LogP contribution in [-0.4, -0.2) is 30.3 Å². The molecule has 0 unspecified atom stereocenters. The van der Waals surface area contributed by atoms with Gasteiger partial charge in [0.25, 0.3) is 0 Å². The Morgan fingerprint density at radius 2 is 1.94 bits per heavy atom. The summed E-state index contributed by atoms with van der Waals surface area (Å²) in [7, 11) is 0. The largest absolute Gasteiger partial charge is 0.508 e. The van der Waals surface area contributed by atoms with Gasteiger partial charge in [0.05, 0.1) is 6.61 Å². The first kappa shape index (κ1) is 14.5. The smallest absolute Gasteiger partial charge is 0.323 e. The van der Waals surface area contributed by atoms with Crippen molar-refractivity contribution in [3.63, 3.8) is 0 Å². The molecule has 5 N–H and O–H groups in total. The van der Waals surface area contributed by atoms with E-state index in [4.69, 9.17) is 21.3 Å². The second-order valence-corrected chi connectivity index (χ2v) is 4.14. The molecular weight excluding hydrogens is 232 g/mol. The normalized spacial score (nSPS) is 12.1. The lowest BCUT2D eigenvalue weighted by atomic mass is 10.1. The van der Waals surface area contributed by atoms with Gasteiger partial charge in [0.2, 0.25) is 0 Å². The molecule has 0 spiro atoms. The molecule has 0 aliphatic rings. The lowest BCUT2D eigenvalue weighted by Crippen LogP contribution is -2.34. The third-order valence-corrected chi connectivity index (χ3v) is 2.54. The molecule has 5 heteroatoms. The molecule has 18 heavy (non-hydrogen) atoms. The van der Waals surface area contributed by atoms with Crippen molar-refractivity contribution in [3.05, 3.63) is 29.8 Å². The highest BCUT2D eigenvalue weighted by atomic mass is 16.5. The van der Waals surface area contributed by atoms with Crippen LogP contribution in [0.2, 0.25) is 0 Å². The van der Waals surface area contributed by atoms with Gasteiger partial charge >= 0.3 is 5.97 Å². The molecular formula is C13H20N2O3. The highest BCUT2D eigenvalue weighted by molar-refractivity contribution is 5.75. The lowest BCUT2D eigenvalue weighted by Gasteiger charge is -2.11. The molecule has 0 saturated carbocycles. The van der Waals surface area contributed by atoms with Gasteiger partial charge in [-0.15, -0.1) is 0 Å². The summed E-state index contributed by atoms with van der Waals surface area (Å²) in [6.45, 7) is 0.955. The predicted molar refractivity (Wildman–Crippen MR) is 69.0 cm³/mol. The number of unbranched alkanes of at least 4 members (excludes halogenated alkanes) is 1. The van der Waals surface area contributed by atoms with Crippen LogP contribution < -0.4 is 11.5 Å². The molecule has 1 aromatic rings. The summed E-state index contributed by atoms with van der Waals surface area (Å²) < 4.78 is 5.03. The van der Waals surface area contributed by atoms with Crippen molar-refractivity contribution in [1.82, 2.24) is 0 Å². The van der Waals surface area contributed by atoms with Crippen LogP contribution in [0.1, 0.15) is 18.4 Å². The van der Waals surface area contributed by atoms with E-state index in [-0.39, 0.29) is 5.75 Å². The average Bonchev–Trinajstić information content (AvgIpc) is 2.37. The Balaban J connectivity index is 2.33. The van der Waals surface area contributed by atoms with E-state index in [1.54, 1.807) is 24.3 Å². The first-order valence-electron chi connectivity index (χ1n) is 6.03. The molecule has 0 aromatic heterocycles. The first-order valence-corrected chi connectivity index (χ1v) is 6.03. The van der Waals surface area contributed by atoms with Crippen molar-refractivity contribution in [2.75, 3.05) is 13.2 Å². The Labute approximate surface area is 107 Å². The number of hydrogen-bond donors (Lipinski definition) is 3. The zero-order valence-corrected chi connectivity index (χ0v) is 10.3. The van der Waals surface area contributed by atoms with Gasteiger partial charge in [0, 0.05) is 0 Å². The summed E-state index contributed by atoms with van der Waals surface area (Å²) in [6.07, 6.45) is 1.99. The fraction of sp³-hybridized carbons (Fsp3) is 0.462. The predicted octanol–water partition coefficient (Wildman–Crippen LogP) is 0.544. The molecule has 0 amide bonds. The third-order valence-electron chi connectivity index (χ3n) is 2.54. The first-order chi connectivity index (χ1) is 8.63. The van der Waals surface area contributed by atoms with E-state index >= 15 is 0 Å². The van der Waals surface area contributed by atoms with E-state index in [9.17, 15) is 4.79 Å². The van der Waals surface area contributed by atoms with E-state index in [0.29, 0.717) is 19.6 Å². The number of carbonyl (C=O) groups excluding carboxylic acids is 1. The molecule has 0 bridgehead atoms. The number of esters is 1. The van der Waals surface area contributed by atoms with Crippen LogP contribution >= 0.6 is 0 Å². The molecule has 0 heterocycles. The van der Waals surface area contributed by atoms with Gasteiger partial charge in [-0.3, -0.25) is 4.79 Å². The van der Waals surface area contributed by atoms with Crippen LogP contribution in [0.5, 0.6) is 5.75 Å². The summed E-state index contributed by atoms with van der Waals surface area (Å²) >= 11 is 0. The van der Waals surface area contributed by atoms with Gasteiger partial charge in [0.1, 0.15) is 11.8 Å². The van der Waals surface area contributed by atoms with Crippen LogP contribution in [-0.2, 0) is 16.0 Å². The average molecular weight is 252 g/mol. The number of hydrogen-bond acceptors (Lipinski definition) is 5. The highest BCUT2D eigenvalue weighted by Gasteiger charge is 2.15. The van der Waals surface area contributed by atoms with Crippen LogP contribution in [0.25, 0.3) is 0 Å². The number of nitrogens with two attached hydrogens (primary N) is 2. The molecule has 1 atom stereocenters. The number of benzene rings is 1. The molecule has 1 rings (SSSR count). The van der Waals surface area contributed by atoms with Crippen molar-refractivity contribution >= 4 is 5.97 Å². The number of aromatic hydroxyl groups is 1. The SMILES string of the molecule is NCCCCOC(=O)[C@@H](N)Cc1ccc(O)cc1. The summed E-state index contributed by atoms with van der Waals surface area (Å²) in [5.41, 5.74) is 12.0. The minimum absolute atomic E-state index is 0.191. The molecule has 5 nitrogen and oxygen atoms in total. The van der Waals surface area contributed by atoms with Crippen molar-refractivity contribution in [2.24, 2.45) is 11.5 Å². The van der Waals surface area contributed by atoms with Gasteiger partial charge < -0.3 is 21.3 Å². The summed E-state index contributed by atoms with van der Waals surface area (Å²) in [5.74, 6) is -0.211. The molecule has 0 aliphatic carbocycles. The van der Waals surface area contributed by atoms with Crippen molar-refractivity contribution < 1.29 is 14.6 Å². The van der Waals surface area contributed by atoms with Crippen molar-refractivity contribution in [2.45, 2.75) is 25.3 Å². The van der Waals surface area contributed by atoms with Gasteiger partial charge in [-0.1, -0.05) is 12.1 Å². The summed E-state index contributed by atoms with van der Waals surface area (Å²) in [5, 5.41) is 9.13. The van der Waals surface area contributed by atoms with Crippen LogP contribution in [0, 0.1) is 0 Å². The van der Waals surface area contributed by atoms with Gasteiger partial charge in [-0.2, -0.15) is 0 Å². The quantitative estimate of drug-likeness (QED) is 0.486. The maximum atomic E-state index is 11.5. The maximum Gasteiger partial charge on any atom is 0.323 e. The highest BCUT2D eigenvalue weighted by Crippen LogP contribution is 2.11. The molecule has 0 saturated heterocycles. The second-order valence-electron chi connectivity index (χ2n) is 4.14. The van der Waals surface area contributed by atoms with E-state index < -0.39 is 12.0 Å². The molecule has 0 fully saturated rings. The van der Waals surface area contributed by atoms with Crippen LogP contribution in [0.3, 0.4) is 0 Å². The fourth-order valence-corrected chi connectivity index (χ4v) is 1.50. The van der Waals surface area contributed by atoms with Crippen molar-refractivity contribution in [1.29, 1.82) is 0 Å². The Hall–Kier alpha value is -1.59. The lowest BCUT2D eigenvalue weighted by molar-refractivity contribution is -0.145. The molecule has 0 aliphatic heterocycles. The summed E-state index contributed by atoms with van der Waals surface area (Å²) in [4.78, 5) is 11.5. The van der Waals surface area contributed by atoms with Crippen LogP contribution in [0.15, 0.2) is 24.3 Å². The number of carbonyl (C=O) groups is 1. The monoisotopic (exact) mass is 252 g/mol. The number of phenols is 1. The van der Waals surface area contributed by atoms with Crippen molar-refractivity contribution in [3.8, 4) is 5.75 Å². The van der Waals surface area contributed by atoms with Gasteiger partial charge in [0.15, 0.2) is 0 Å². The maximum absolute atomic E-state index is 11.5. The number of ether oxygens (including phenoxy) is 1. The number of rotatable bonds is 7. The molecule has 0 radical (unpaired) electrons. The second kappa shape index (κ2) is 7.68. The van der Waals surface area contributed by atoms with Gasteiger partial charge in [-0.05, 0) is 43.5 Å². The molecule has 1 aromatic carbocycles. The van der Waals surface area contributed by atoms with Crippen LogP contribution in [0.4, 0.5) is 0 Å².